The highest BCUT2D eigenvalue weighted by Crippen LogP contribution is 2.26. The van der Waals surface area contributed by atoms with Gasteiger partial charge in [-0.1, -0.05) is 43.0 Å². The number of ether oxygens (including phenoxy) is 1. The SMILES string of the molecule is C=C(C)c1ccccc1C(=C)N1CCOC1. The monoisotopic (exact) mass is 215 g/mol. The predicted molar refractivity (Wildman–Crippen MR) is 67.7 cm³/mol. The van der Waals surface area contributed by atoms with Crippen LogP contribution in [0.15, 0.2) is 37.4 Å². The Morgan fingerprint density at radius 3 is 2.50 bits per heavy atom. The summed E-state index contributed by atoms with van der Waals surface area (Å²) in [7, 11) is 0. The van der Waals surface area contributed by atoms with Crippen LogP contribution < -0.4 is 0 Å². The second kappa shape index (κ2) is 4.54. The highest BCUT2D eigenvalue weighted by Gasteiger charge is 2.16. The summed E-state index contributed by atoms with van der Waals surface area (Å²) in [4.78, 5) is 2.15. The minimum Gasteiger partial charge on any atom is -0.359 e. The van der Waals surface area contributed by atoms with E-state index < -0.39 is 0 Å². The van der Waals surface area contributed by atoms with Gasteiger partial charge in [-0.3, -0.25) is 0 Å². The van der Waals surface area contributed by atoms with Crippen molar-refractivity contribution in [2.24, 2.45) is 0 Å². The van der Waals surface area contributed by atoms with Crippen LogP contribution in [0.2, 0.25) is 0 Å². The molecule has 1 aliphatic rings. The lowest BCUT2D eigenvalue weighted by Crippen LogP contribution is -2.18. The van der Waals surface area contributed by atoms with Gasteiger partial charge in [-0.05, 0) is 12.5 Å². The molecule has 0 unspecified atom stereocenters. The van der Waals surface area contributed by atoms with Gasteiger partial charge in [0.1, 0.15) is 6.73 Å². The van der Waals surface area contributed by atoms with Gasteiger partial charge in [-0.15, -0.1) is 0 Å². The van der Waals surface area contributed by atoms with Gasteiger partial charge in [0.2, 0.25) is 0 Å². The van der Waals surface area contributed by atoms with Crippen molar-refractivity contribution in [3.63, 3.8) is 0 Å². The second-order valence-corrected chi connectivity index (χ2v) is 4.07. The average molecular weight is 215 g/mol. The van der Waals surface area contributed by atoms with Gasteiger partial charge < -0.3 is 9.64 Å². The number of hydrogen-bond donors (Lipinski definition) is 0. The van der Waals surface area contributed by atoms with Crippen LogP contribution in [0.5, 0.6) is 0 Å². The highest BCUT2D eigenvalue weighted by atomic mass is 16.5. The summed E-state index contributed by atoms with van der Waals surface area (Å²) >= 11 is 0. The van der Waals surface area contributed by atoms with Gasteiger partial charge in [0.25, 0.3) is 0 Å². The van der Waals surface area contributed by atoms with Crippen LogP contribution in [0.1, 0.15) is 18.1 Å². The minimum atomic E-state index is 0.642. The number of rotatable bonds is 3. The van der Waals surface area contributed by atoms with Gasteiger partial charge in [0, 0.05) is 17.8 Å². The van der Waals surface area contributed by atoms with Crippen molar-refractivity contribution in [2.75, 3.05) is 19.9 Å². The summed E-state index contributed by atoms with van der Waals surface area (Å²) in [5.74, 6) is 0. The molecule has 2 nitrogen and oxygen atoms in total. The van der Waals surface area contributed by atoms with Crippen LogP contribution in [-0.2, 0) is 4.74 Å². The van der Waals surface area contributed by atoms with E-state index in [1.807, 2.05) is 19.1 Å². The zero-order valence-electron chi connectivity index (χ0n) is 9.70. The fraction of sp³-hybridized carbons (Fsp3) is 0.286. The van der Waals surface area contributed by atoms with Crippen molar-refractivity contribution >= 4 is 11.3 Å². The summed E-state index contributed by atoms with van der Waals surface area (Å²) < 4.78 is 5.34. The van der Waals surface area contributed by atoms with Crippen molar-refractivity contribution in [3.05, 3.63) is 48.6 Å². The molecule has 2 rings (SSSR count). The summed E-state index contributed by atoms with van der Waals surface area (Å²) in [6.45, 7) is 12.5. The third kappa shape index (κ3) is 2.02. The van der Waals surface area contributed by atoms with Crippen molar-refractivity contribution in [3.8, 4) is 0 Å². The van der Waals surface area contributed by atoms with Crippen LogP contribution in [0.3, 0.4) is 0 Å². The molecule has 1 aromatic rings. The Morgan fingerprint density at radius 1 is 1.25 bits per heavy atom. The summed E-state index contributed by atoms with van der Waals surface area (Å²) in [5.41, 5.74) is 4.41. The number of benzene rings is 1. The molecule has 1 heterocycles. The Balaban J connectivity index is 2.32. The first-order chi connectivity index (χ1) is 7.70. The van der Waals surface area contributed by atoms with E-state index in [0.717, 1.165) is 30.0 Å². The van der Waals surface area contributed by atoms with E-state index in [0.29, 0.717) is 6.73 Å². The molecule has 1 aliphatic heterocycles. The molecular formula is C14H17NO. The van der Waals surface area contributed by atoms with E-state index in [-0.39, 0.29) is 0 Å². The summed E-state index contributed by atoms with van der Waals surface area (Å²) in [5, 5.41) is 0. The molecule has 1 fully saturated rings. The smallest absolute Gasteiger partial charge is 0.119 e. The lowest BCUT2D eigenvalue weighted by atomic mass is 9.99. The van der Waals surface area contributed by atoms with Crippen LogP contribution in [0, 0.1) is 0 Å². The van der Waals surface area contributed by atoms with Crippen LogP contribution in [0.4, 0.5) is 0 Å². The molecule has 0 atom stereocenters. The Hall–Kier alpha value is -1.54. The topological polar surface area (TPSA) is 12.5 Å². The predicted octanol–water partition coefficient (Wildman–Crippen LogP) is 2.98. The minimum absolute atomic E-state index is 0.642. The Kier molecular flexibility index (Phi) is 3.11. The lowest BCUT2D eigenvalue weighted by molar-refractivity contribution is 0.165. The van der Waals surface area contributed by atoms with Gasteiger partial charge in [-0.2, -0.15) is 0 Å². The molecule has 1 aromatic carbocycles. The van der Waals surface area contributed by atoms with Gasteiger partial charge in [-0.25, -0.2) is 0 Å². The Labute approximate surface area is 96.8 Å². The maximum absolute atomic E-state index is 5.34. The van der Waals surface area contributed by atoms with Crippen LogP contribution >= 0.6 is 0 Å². The summed E-state index contributed by atoms with van der Waals surface area (Å²) in [6, 6.07) is 8.23. The molecule has 0 spiro atoms. The maximum atomic E-state index is 5.34. The number of nitrogens with zero attached hydrogens (tertiary/aromatic N) is 1. The second-order valence-electron chi connectivity index (χ2n) is 4.07. The average Bonchev–Trinajstić information content (AvgIpc) is 2.81. The largest absolute Gasteiger partial charge is 0.359 e. The van der Waals surface area contributed by atoms with Gasteiger partial charge in [0.05, 0.1) is 6.61 Å². The first kappa shape index (κ1) is 11.0. The molecule has 0 amide bonds. The first-order valence-electron chi connectivity index (χ1n) is 5.47. The zero-order chi connectivity index (χ0) is 11.5. The molecule has 84 valence electrons. The first-order valence-corrected chi connectivity index (χ1v) is 5.47. The van der Waals surface area contributed by atoms with E-state index in [2.05, 4.69) is 30.2 Å². The van der Waals surface area contributed by atoms with E-state index in [1.54, 1.807) is 0 Å². The fourth-order valence-corrected chi connectivity index (χ4v) is 1.90. The van der Waals surface area contributed by atoms with Crippen molar-refractivity contribution < 1.29 is 4.74 Å². The maximum Gasteiger partial charge on any atom is 0.119 e. The molecule has 0 saturated carbocycles. The van der Waals surface area contributed by atoms with Crippen molar-refractivity contribution in [1.29, 1.82) is 0 Å². The fourth-order valence-electron chi connectivity index (χ4n) is 1.90. The normalized spacial score (nSPS) is 15.2. The van der Waals surface area contributed by atoms with E-state index in [9.17, 15) is 0 Å². The van der Waals surface area contributed by atoms with E-state index in [1.165, 1.54) is 5.56 Å². The van der Waals surface area contributed by atoms with Crippen LogP contribution in [-0.4, -0.2) is 24.8 Å². The molecule has 0 aliphatic carbocycles. The molecule has 0 bridgehead atoms. The van der Waals surface area contributed by atoms with Gasteiger partial charge >= 0.3 is 0 Å². The summed E-state index contributed by atoms with van der Waals surface area (Å²) in [6.07, 6.45) is 0. The molecule has 0 N–H and O–H groups in total. The number of hydrogen-bond acceptors (Lipinski definition) is 2. The zero-order valence-corrected chi connectivity index (χ0v) is 9.70. The lowest BCUT2D eigenvalue weighted by Gasteiger charge is -2.21. The quantitative estimate of drug-likeness (QED) is 0.768. The molecular weight excluding hydrogens is 198 g/mol. The number of allylic oxidation sites excluding steroid dienone is 1. The van der Waals surface area contributed by atoms with Crippen molar-refractivity contribution in [1.82, 2.24) is 4.90 Å². The van der Waals surface area contributed by atoms with E-state index >= 15 is 0 Å². The molecule has 16 heavy (non-hydrogen) atoms. The molecule has 0 radical (unpaired) electrons. The third-order valence-corrected chi connectivity index (χ3v) is 2.83. The third-order valence-electron chi connectivity index (χ3n) is 2.83. The molecule has 2 heteroatoms. The molecule has 0 aromatic heterocycles. The Morgan fingerprint density at radius 2 is 1.94 bits per heavy atom. The molecule has 1 saturated heterocycles. The van der Waals surface area contributed by atoms with Crippen LogP contribution in [0.25, 0.3) is 11.3 Å². The van der Waals surface area contributed by atoms with Crippen molar-refractivity contribution in [2.45, 2.75) is 6.92 Å². The van der Waals surface area contributed by atoms with Gasteiger partial charge in [0.15, 0.2) is 0 Å². The Bertz CT molecular complexity index is 416. The highest BCUT2D eigenvalue weighted by molar-refractivity contribution is 5.76. The standard InChI is InChI=1S/C14H17NO/c1-11(2)13-6-4-5-7-14(13)12(3)15-8-9-16-10-15/h4-7H,1,3,8-10H2,2H3. The van der Waals surface area contributed by atoms with E-state index in [4.69, 9.17) is 4.74 Å².